The van der Waals surface area contributed by atoms with E-state index in [0.717, 1.165) is 15.7 Å². The zero-order chi connectivity index (χ0) is 14.4. The van der Waals surface area contributed by atoms with Gasteiger partial charge in [0.05, 0.1) is 7.11 Å². The topological polar surface area (TPSA) is 62.5 Å². The number of hydrogen-bond acceptors (Lipinski definition) is 4. The lowest BCUT2D eigenvalue weighted by molar-refractivity contribution is 0.290. The van der Waals surface area contributed by atoms with Crippen molar-refractivity contribution in [3.8, 4) is 22.8 Å². The summed E-state index contributed by atoms with van der Waals surface area (Å²) in [6.45, 7) is 0.285. The summed E-state index contributed by atoms with van der Waals surface area (Å²) in [7, 11) is 4.66. The van der Waals surface area contributed by atoms with Crippen LogP contribution in [0.3, 0.4) is 0 Å². The van der Waals surface area contributed by atoms with Gasteiger partial charge in [-0.05, 0) is 18.2 Å². The van der Waals surface area contributed by atoms with Gasteiger partial charge in [0.1, 0.15) is 18.1 Å². The first-order valence-corrected chi connectivity index (χ1v) is 6.14. The van der Waals surface area contributed by atoms with E-state index in [1.807, 2.05) is 12.1 Å². The summed E-state index contributed by atoms with van der Waals surface area (Å²) < 4.78 is 13.2. The van der Waals surface area contributed by atoms with E-state index in [9.17, 15) is 9.59 Å². The third-order valence-electron chi connectivity index (χ3n) is 3.56. The highest BCUT2D eigenvalue weighted by Crippen LogP contribution is 2.35. The molecule has 0 amide bonds. The minimum absolute atomic E-state index is 0.215. The van der Waals surface area contributed by atoms with Gasteiger partial charge in [-0.15, -0.1) is 0 Å². The first-order valence-electron chi connectivity index (χ1n) is 6.14. The second-order valence-corrected chi connectivity index (χ2v) is 4.70. The number of benzene rings is 1. The molecule has 0 N–H and O–H groups in total. The van der Waals surface area contributed by atoms with Crippen molar-refractivity contribution in [2.24, 2.45) is 14.1 Å². The van der Waals surface area contributed by atoms with Gasteiger partial charge in [-0.1, -0.05) is 0 Å². The summed E-state index contributed by atoms with van der Waals surface area (Å²) in [5.74, 6) is 0.928. The molecule has 1 aromatic heterocycles. The molecule has 1 aliphatic rings. The molecule has 0 unspecified atom stereocenters. The van der Waals surface area contributed by atoms with Gasteiger partial charge in [-0.25, -0.2) is 4.79 Å². The van der Waals surface area contributed by atoms with Crippen molar-refractivity contribution < 1.29 is 9.47 Å². The quantitative estimate of drug-likeness (QED) is 0.766. The van der Waals surface area contributed by atoms with E-state index in [0.29, 0.717) is 11.4 Å². The number of fused-ring (bicyclic) bond motifs is 3. The average Bonchev–Trinajstić information content (AvgIpc) is 2.49. The maximum Gasteiger partial charge on any atom is 0.331 e. The Morgan fingerprint density at radius 1 is 1.20 bits per heavy atom. The van der Waals surface area contributed by atoms with E-state index in [2.05, 4.69) is 0 Å². The molecule has 0 fully saturated rings. The van der Waals surface area contributed by atoms with Crippen molar-refractivity contribution in [3.05, 3.63) is 44.6 Å². The van der Waals surface area contributed by atoms with Gasteiger partial charge in [0.2, 0.25) is 5.75 Å². The summed E-state index contributed by atoms with van der Waals surface area (Å²) in [6.07, 6.45) is 0. The van der Waals surface area contributed by atoms with Crippen LogP contribution in [0.25, 0.3) is 11.3 Å². The second-order valence-electron chi connectivity index (χ2n) is 4.70. The Balaban J connectivity index is 2.38. The maximum atomic E-state index is 12.1. The van der Waals surface area contributed by atoms with Crippen molar-refractivity contribution in [3.63, 3.8) is 0 Å². The van der Waals surface area contributed by atoms with Gasteiger partial charge in [-0.3, -0.25) is 13.9 Å². The van der Waals surface area contributed by atoms with Crippen LogP contribution in [0.5, 0.6) is 11.5 Å². The molecule has 0 bridgehead atoms. The third kappa shape index (κ3) is 1.57. The van der Waals surface area contributed by atoms with Crippen LogP contribution < -0.4 is 20.7 Å². The van der Waals surface area contributed by atoms with E-state index in [1.165, 1.54) is 11.6 Å². The molecule has 20 heavy (non-hydrogen) atoms. The van der Waals surface area contributed by atoms with Gasteiger partial charge < -0.3 is 9.47 Å². The minimum Gasteiger partial charge on any atom is -0.497 e. The highest BCUT2D eigenvalue weighted by atomic mass is 16.5. The van der Waals surface area contributed by atoms with Crippen LogP contribution in [0.4, 0.5) is 0 Å². The molecule has 1 aliphatic heterocycles. The molecule has 0 spiro atoms. The molecule has 0 saturated carbocycles. The Hall–Kier alpha value is -2.50. The highest BCUT2D eigenvalue weighted by molar-refractivity contribution is 5.72. The maximum absolute atomic E-state index is 12.1. The van der Waals surface area contributed by atoms with E-state index in [4.69, 9.17) is 9.47 Å². The van der Waals surface area contributed by atoms with E-state index >= 15 is 0 Å². The molecule has 2 heterocycles. The average molecular weight is 274 g/mol. The van der Waals surface area contributed by atoms with Crippen molar-refractivity contribution in [1.29, 1.82) is 0 Å². The summed E-state index contributed by atoms with van der Waals surface area (Å²) in [5.41, 5.74) is 1.44. The number of hydrogen-bond donors (Lipinski definition) is 0. The van der Waals surface area contributed by atoms with Crippen LogP contribution in [-0.2, 0) is 20.7 Å². The zero-order valence-corrected chi connectivity index (χ0v) is 11.5. The largest absolute Gasteiger partial charge is 0.497 e. The number of methoxy groups -OCH3 is 1. The van der Waals surface area contributed by atoms with Gasteiger partial charge >= 0.3 is 5.69 Å². The summed E-state index contributed by atoms with van der Waals surface area (Å²) in [5, 5.41) is 0. The standard InChI is InChI=1S/C14H14N2O4/c1-15-11-10-5-4-9(19-3)6-8(10)7-20-12(11)13(17)16(2)14(15)18/h4-6H,7H2,1-3H3. The fourth-order valence-electron chi connectivity index (χ4n) is 2.44. The Morgan fingerprint density at radius 3 is 2.65 bits per heavy atom. The monoisotopic (exact) mass is 274 g/mol. The van der Waals surface area contributed by atoms with Crippen LogP contribution in [0, 0.1) is 0 Å². The lowest BCUT2D eigenvalue weighted by atomic mass is 10.0. The van der Waals surface area contributed by atoms with Crippen molar-refractivity contribution in [1.82, 2.24) is 9.13 Å². The Morgan fingerprint density at radius 2 is 1.95 bits per heavy atom. The van der Waals surface area contributed by atoms with Crippen LogP contribution >= 0.6 is 0 Å². The molecular weight excluding hydrogens is 260 g/mol. The number of aromatic nitrogens is 2. The van der Waals surface area contributed by atoms with Gasteiger partial charge in [0, 0.05) is 25.2 Å². The van der Waals surface area contributed by atoms with E-state index in [1.54, 1.807) is 20.2 Å². The molecule has 3 rings (SSSR count). The van der Waals surface area contributed by atoms with Gasteiger partial charge in [0.25, 0.3) is 5.56 Å². The molecule has 6 heteroatoms. The lowest BCUT2D eigenvalue weighted by Gasteiger charge is -2.23. The van der Waals surface area contributed by atoms with E-state index in [-0.39, 0.29) is 18.0 Å². The van der Waals surface area contributed by atoms with Crippen LogP contribution in [0.1, 0.15) is 5.56 Å². The molecule has 1 aromatic carbocycles. The number of ether oxygens (including phenoxy) is 2. The van der Waals surface area contributed by atoms with E-state index < -0.39 is 5.56 Å². The Kier molecular flexibility index (Phi) is 2.67. The number of nitrogens with zero attached hydrogens (tertiary/aromatic N) is 2. The summed E-state index contributed by atoms with van der Waals surface area (Å²) >= 11 is 0. The molecule has 104 valence electrons. The summed E-state index contributed by atoms with van der Waals surface area (Å²) in [6, 6.07) is 5.49. The smallest absolute Gasteiger partial charge is 0.331 e. The molecule has 0 radical (unpaired) electrons. The Bertz CT molecular complexity index is 817. The molecule has 0 atom stereocenters. The summed E-state index contributed by atoms with van der Waals surface area (Å²) in [4.78, 5) is 24.2. The minimum atomic E-state index is -0.412. The third-order valence-corrected chi connectivity index (χ3v) is 3.56. The zero-order valence-electron chi connectivity index (χ0n) is 11.5. The molecule has 0 aliphatic carbocycles. The second kappa shape index (κ2) is 4.26. The molecule has 2 aromatic rings. The van der Waals surface area contributed by atoms with Crippen LogP contribution in [0.2, 0.25) is 0 Å². The number of rotatable bonds is 1. The van der Waals surface area contributed by atoms with Gasteiger partial charge in [-0.2, -0.15) is 0 Å². The SMILES string of the molecule is COc1ccc2c(c1)COc1c-2n(C)c(=O)n(C)c1=O. The van der Waals surface area contributed by atoms with Gasteiger partial charge in [0.15, 0.2) is 0 Å². The predicted octanol–water partition coefficient (Wildman–Crippen LogP) is 0.652. The van der Waals surface area contributed by atoms with Crippen LogP contribution in [-0.4, -0.2) is 16.2 Å². The van der Waals surface area contributed by atoms with Crippen molar-refractivity contribution >= 4 is 0 Å². The highest BCUT2D eigenvalue weighted by Gasteiger charge is 2.25. The van der Waals surface area contributed by atoms with Crippen molar-refractivity contribution in [2.75, 3.05) is 7.11 Å². The molecular formula is C14H14N2O4. The lowest BCUT2D eigenvalue weighted by Crippen LogP contribution is -2.39. The first-order chi connectivity index (χ1) is 9.54. The molecule has 0 saturated heterocycles. The predicted molar refractivity (Wildman–Crippen MR) is 73.2 cm³/mol. The molecule has 6 nitrogen and oxygen atoms in total. The fourth-order valence-corrected chi connectivity index (χ4v) is 2.44. The van der Waals surface area contributed by atoms with Crippen molar-refractivity contribution in [2.45, 2.75) is 6.61 Å². The van der Waals surface area contributed by atoms with Crippen LogP contribution in [0.15, 0.2) is 27.8 Å². The fraction of sp³-hybridized carbons (Fsp3) is 0.286. The Labute approximate surface area is 114 Å². The normalized spacial score (nSPS) is 12.3. The first kappa shape index (κ1) is 12.5.